The predicted molar refractivity (Wildman–Crippen MR) is 57.7 cm³/mol. The second-order valence-electron chi connectivity index (χ2n) is 3.34. The zero-order valence-corrected chi connectivity index (χ0v) is 9.64. The Bertz CT molecular complexity index is 289. The molecule has 1 aliphatic heterocycles. The molecule has 1 aromatic rings. The lowest BCUT2D eigenvalue weighted by atomic mass is 10.3. The minimum absolute atomic E-state index is 0.364. The van der Waals surface area contributed by atoms with Gasteiger partial charge in [-0.3, -0.25) is 4.90 Å². The zero-order chi connectivity index (χ0) is 9.26. The van der Waals surface area contributed by atoms with E-state index in [1.54, 1.807) is 11.3 Å². The predicted octanol–water partition coefficient (Wildman–Crippen LogP) is 1.44. The van der Waals surface area contributed by atoms with Gasteiger partial charge in [-0.1, -0.05) is 0 Å². The van der Waals surface area contributed by atoms with Crippen molar-refractivity contribution in [3.63, 3.8) is 0 Å². The standard InChI is InChI=1S/C8H12BrN3S/c9-7-3-11-8(13-7)5-12-2-1-6(10)4-12/h3,6H,1-2,4-5,10H2. The number of likely N-dealkylation sites (tertiary alicyclic amines) is 1. The highest BCUT2D eigenvalue weighted by Crippen LogP contribution is 2.21. The lowest BCUT2D eigenvalue weighted by molar-refractivity contribution is 0.326. The number of rotatable bonds is 2. The Labute approximate surface area is 90.1 Å². The van der Waals surface area contributed by atoms with Gasteiger partial charge in [0, 0.05) is 19.1 Å². The molecule has 2 heterocycles. The second-order valence-corrected chi connectivity index (χ2v) is 5.84. The van der Waals surface area contributed by atoms with Crippen LogP contribution in [0.25, 0.3) is 0 Å². The van der Waals surface area contributed by atoms with Gasteiger partial charge >= 0.3 is 0 Å². The monoisotopic (exact) mass is 261 g/mol. The van der Waals surface area contributed by atoms with Gasteiger partial charge < -0.3 is 5.73 Å². The van der Waals surface area contributed by atoms with E-state index in [9.17, 15) is 0 Å². The van der Waals surface area contributed by atoms with E-state index in [2.05, 4.69) is 25.8 Å². The van der Waals surface area contributed by atoms with Crippen molar-refractivity contribution in [3.05, 3.63) is 15.0 Å². The fourth-order valence-electron chi connectivity index (χ4n) is 1.56. The van der Waals surface area contributed by atoms with Gasteiger partial charge in [0.2, 0.25) is 0 Å². The van der Waals surface area contributed by atoms with E-state index in [-0.39, 0.29) is 0 Å². The molecule has 0 saturated carbocycles. The number of nitrogens with zero attached hydrogens (tertiary/aromatic N) is 2. The summed E-state index contributed by atoms with van der Waals surface area (Å²) in [5.74, 6) is 0. The fourth-order valence-corrected chi connectivity index (χ4v) is 2.90. The Kier molecular flexibility index (Phi) is 2.98. The van der Waals surface area contributed by atoms with Gasteiger partial charge in [0.1, 0.15) is 5.01 Å². The molecule has 0 aliphatic carbocycles. The number of hydrogen-bond donors (Lipinski definition) is 1. The van der Waals surface area contributed by atoms with Crippen LogP contribution < -0.4 is 5.73 Å². The summed E-state index contributed by atoms with van der Waals surface area (Å²) in [5.41, 5.74) is 5.82. The van der Waals surface area contributed by atoms with E-state index in [1.807, 2.05) is 6.20 Å². The SMILES string of the molecule is NC1CCN(Cc2ncc(Br)s2)C1. The molecule has 0 amide bonds. The number of hydrogen-bond acceptors (Lipinski definition) is 4. The first-order chi connectivity index (χ1) is 6.24. The molecule has 1 unspecified atom stereocenters. The molecule has 2 N–H and O–H groups in total. The fraction of sp³-hybridized carbons (Fsp3) is 0.625. The van der Waals surface area contributed by atoms with Crippen molar-refractivity contribution in [3.8, 4) is 0 Å². The van der Waals surface area contributed by atoms with E-state index in [0.717, 1.165) is 29.8 Å². The molecule has 1 aliphatic rings. The molecule has 72 valence electrons. The van der Waals surface area contributed by atoms with E-state index < -0.39 is 0 Å². The molecule has 1 atom stereocenters. The van der Waals surface area contributed by atoms with E-state index in [0.29, 0.717) is 6.04 Å². The van der Waals surface area contributed by atoms with Crippen LogP contribution in [0.5, 0.6) is 0 Å². The summed E-state index contributed by atoms with van der Waals surface area (Å²) in [7, 11) is 0. The number of aromatic nitrogens is 1. The maximum Gasteiger partial charge on any atom is 0.108 e. The molecule has 5 heteroatoms. The van der Waals surface area contributed by atoms with Crippen molar-refractivity contribution >= 4 is 27.3 Å². The van der Waals surface area contributed by atoms with Gasteiger partial charge in [0.05, 0.1) is 16.5 Å². The van der Waals surface area contributed by atoms with Crippen LogP contribution in [-0.4, -0.2) is 29.0 Å². The Morgan fingerprint density at radius 1 is 1.77 bits per heavy atom. The third-order valence-corrected chi connectivity index (χ3v) is 3.65. The smallest absolute Gasteiger partial charge is 0.108 e. The van der Waals surface area contributed by atoms with Crippen LogP contribution in [0.4, 0.5) is 0 Å². The third kappa shape index (κ3) is 2.49. The van der Waals surface area contributed by atoms with Gasteiger partial charge in [0.25, 0.3) is 0 Å². The summed E-state index contributed by atoms with van der Waals surface area (Å²) in [5, 5.41) is 1.17. The first-order valence-corrected chi connectivity index (χ1v) is 5.93. The topological polar surface area (TPSA) is 42.1 Å². The highest BCUT2D eigenvalue weighted by molar-refractivity contribution is 9.11. The zero-order valence-electron chi connectivity index (χ0n) is 7.24. The molecule has 1 saturated heterocycles. The first kappa shape index (κ1) is 9.58. The molecule has 2 rings (SSSR count). The van der Waals surface area contributed by atoms with Crippen LogP contribution in [0, 0.1) is 0 Å². The Balaban J connectivity index is 1.91. The quantitative estimate of drug-likeness (QED) is 0.876. The van der Waals surface area contributed by atoms with Crippen molar-refractivity contribution in [2.24, 2.45) is 5.73 Å². The van der Waals surface area contributed by atoms with Crippen molar-refractivity contribution in [2.75, 3.05) is 13.1 Å². The van der Waals surface area contributed by atoms with Crippen LogP contribution in [0.1, 0.15) is 11.4 Å². The van der Waals surface area contributed by atoms with Crippen LogP contribution in [-0.2, 0) is 6.54 Å². The first-order valence-electron chi connectivity index (χ1n) is 4.32. The van der Waals surface area contributed by atoms with Gasteiger partial charge in [-0.2, -0.15) is 0 Å². The highest BCUT2D eigenvalue weighted by Gasteiger charge is 2.19. The average molecular weight is 262 g/mol. The average Bonchev–Trinajstić information content (AvgIpc) is 2.62. The van der Waals surface area contributed by atoms with Crippen molar-refractivity contribution in [1.29, 1.82) is 0 Å². The molecular weight excluding hydrogens is 250 g/mol. The molecule has 3 nitrogen and oxygen atoms in total. The maximum absolute atomic E-state index is 5.82. The Morgan fingerprint density at radius 3 is 3.15 bits per heavy atom. The lowest BCUT2D eigenvalue weighted by Crippen LogP contribution is -2.26. The Hall–Kier alpha value is 0.0300. The van der Waals surface area contributed by atoms with E-state index in [1.165, 1.54) is 5.01 Å². The summed E-state index contributed by atoms with van der Waals surface area (Å²) in [6.45, 7) is 3.07. The lowest BCUT2D eigenvalue weighted by Gasteiger charge is -2.12. The summed E-state index contributed by atoms with van der Waals surface area (Å²) < 4.78 is 1.10. The second kappa shape index (κ2) is 4.04. The summed E-state index contributed by atoms with van der Waals surface area (Å²) in [6, 6.07) is 0.364. The molecule has 0 radical (unpaired) electrons. The summed E-state index contributed by atoms with van der Waals surface area (Å²) >= 11 is 5.11. The molecule has 0 aromatic carbocycles. The molecule has 1 fully saturated rings. The van der Waals surface area contributed by atoms with E-state index in [4.69, 9.17) is 5.73 Å². The van der Waals surface area contributed by atoms with Crippen LogP contribution in [0.2, 0.25) is 0 Å². The van der Waals surface area contributed by atoms with Gasteiger partial charge in [-0.05, 0) is 22.4 Å². The summed E-state index contributed by atoms with van der Waals surface area (Å²) in [4.78, 5) is 6.65. The molecule has 0 bridgehead atoms. The minimum Gasteiger partial charge on any atom is -0.326 e. The van der Waals surface area contributed by atoms with E-state index >= 15 is 0 Å². The third-order valence-electron chi connectivity index (χ3n) is 2.19. The Morgan fingerprint density at radius 2 is 2.62 bits per heavy atom. The van der Waals surface area contributed by atoms with Gasteiger partial charge in [-0.25, -0.2) is 4.98 Å². The molecule has 0 spiro atoms. The summed E-state index contributed by atoms with van der Waals surface area (Å²) in [6.07, 6.45) is 2.97. The van der Waals surface area contributed by atoms with Crippen LogP contribution in [0.15, 0.2) is 9.98 Å². The maximum atomic E-state index is 5.82. The number of thiazole rings is 1. The van der Waals surface area contributed by atoms with Gasteiger partial charge in [0.15, 0.2) is 0 Å². The normalized spacial score (nSPS) is 24.0. The number of nitrogens with two attached hydrogens (primary N) is 1. The molecular formula is C8H12BrN3S. The van der Waals surface area contributed by atoms with Crippen LogP contribution in [0.3, 0.4) is 0 Å². The molecule has 1 aromatic heterocycles. The highest BCUT2D eigenvalue weighted by atomic mass is 79.9. The number of halogens is 1. The van der Waals surface area contributed by atoms with Crippen molar-refractivity contribution in [1.82, 2.24) is 9.88 Å². The largest absolute Gasteiger partial charge is 0.326 e. The van der Waals surface area contributed by atoms with Crippen molar-refractivity contribution in [2.45, 2.75) is 19.0 Å². The molecule has 13 heavy (non-hydrogen) atoms. The van der Waals surface area contributed by atoms with Gasteiger partial charge in [-0.15, -0.1) is 11.3 Å². The minimum atomic E-state index is 0.364. The van der Waals surface area contributed by atoms with Crippen molar-refractivity contribution < 1.29 is 0 Å². The van der Waals surface area contributed by atoms with Crippen LogP contribution >= 0.6 is 27.3 Å².